The van der Waals surface area contributed by atoms with Gasteiger partial charge in [-0.2, -0.15) is 0 Å². The summed E-state index contributed by atoms with van der Waals surface area (Å²) in [6, 6.07) is 7.03. The zero-order valence-corrected chi connectivity index (χ0v) is 12.4. The van der Waals surface area contributed by atoms with Crippen molar-refractivity contribution in [3.63, 3.8) is 0 Å². The van der Waals surface area contributed by atoms with Crippen molar-refractivity contribution < 1.29 is 4.42 Å². The van der Waals surface area contributed by atoms with Crippen LogP contribution < -0.4 is 5.32 Å². The quantitative estimate of drug-likeness (QED) is 0.880. The Morgan fingerprint density at radius 2 is 2.05 bits per heavy atom. The van der Waals surface area contributed by atoms with E-state index >= 15 is 0 Å². The molecule has 102 valence electrons. The van der Waals surface area contributed by atoms with E-state index in [-0.39, 0.29) is 6.04 Å². The second kappa shape index (κ2) is 5.51. The molecule has 0 fully saturated rings. The van der Waals surface area contributed by atoms with Crippen LogP contribution >= 0.6 is 11.3 Å². The van der Waals surface area contributed by atoms with Crippen molar-refractivity contribution >= 4 is 11.3 Å². The number of nitrogens with one attached hydrogen (secondary N) is 1. The second-order valence-corrected chi connectivity index (χ2v) is 6.60. The molecule has 0 spiro atoms. The van der Waals surface area contributed by atoms with Crippen molar-refractivity contribution in [1.29, 1.82) is 0 Å². The van der Waals surface area contributed by atoms with Crippen LogP contribution in [-0.2, 0) is 12.8 Å². The molecule has 1 aliphatic rings. The summed E-state index contributed by atoms with van der Waals surface area (Å²) in [7, 11) is 0. The number of aryl methyl sites for hydroxylation is 2. The Kier molecular flexibility index (Phi) is 3.76. The topological polar surface area (TPSA) is 25.2 Å². The summed E-state index contributed by atoms with van der Waals surface area (Å²) in [4.78, 5) is 3.07. The van der Waals surface area contributed by atoms with E-state index in [0.717, 1.165) is 5.76 Å². The fourth-order valence-corrected chi connectivity index (χ4v) is 4.07. The molecule has 19 heavy (non-hydrogen) atoms. The molecule has 3 heteroatoms. The average Bonchev–Trinajstić information content (AvgIpc) is 3.07. The molecule has 2 aromatic rings. The van der Waals surface area contributed by atoms with E-state index in [9.17, 15) is 0 Å². The predicted octanol–water partition coefficient (Wildman–Crippen LogP) is 4.63. The highest BCUT2D eigenvalue weighted by Gasteiger charge is 2.18. The summed E-state index contributed by atoms with van der Waals surface area (Å²) in [6.45, 7) is 4.40. The molecule has 2 atom stereocenters. The molecule has 2 nitrogen and oxygen atoms in total. The van der Waals surface area contributed by atoms with Gasteiger partial charge < -0.3 is 9.73 Å². The van der Waals surface area contributed by atoms with Gasteiger partial charge in [0.05, 0.1) is 12.3 Å². The normalized spacial score (nSPS) is 18.0. The lowest BCUT2D eigenvalue weighted by Crippen LogP contribution is -2.21. The molecule has 0 bridgehead atoms. The zero-order valence-electron chi connectivity index (χ0n) is 11.6. The van der Waals surface area contributed by atoms with E-state index in [2.05, 4.69) is 25.2 Å². The van der Waals surface area contributed by atoms with Crippen LogP contribution in [0.4, 0.5) is 0 Å². The molecular weight excluding hydrogens is 254 g/mol. The molecule has 0 radical (unpaired) electrons. The fraction of sp³-hybridized carbons (Fsp3) is 0.500. The summed E-state index contributed by atoms with van der Waals surface area (Å²) >= 11 is 1.99. The van der Waals surface area contributed by atoms with Crippen LogP contribution in [-0.4, -0.2) is 0 Å². The lowest BCUT2D eigenvalue weighted by Gasteiger charge is -2.17. The van der Waals surface area contributed by atoms with Crippen molar-refractivity contribution in [3.05, 3.63) is 45.5 Å². The van der Waals surface area contributed by atoms with E-state index in [1.807, 2.05) is 23.5 Å². The fourth-order valence-electron chi connectivity index (χ4n) is 2.80. The van der Waals surface area contributed by atoms with Gasteiger partial charge in [0.15, 0.2) is 0 Å². The molecule has 1 N–H and O–H groups in total. The number of rotatable bonds is 4. The molecule has 0 amide bonds. The minimum Gasteiger partial charge on any atom is -0.468 e. The first kappa shape index (κ1) is 12.9. The average molecular weight is 275 g/mol. The van der Waals surface area contributed by atoms with E-state index < -0.39 is 0 Å². The van der Waals surface area contributed by atoms with Crippen molar-refractivity contribution in [2.45, 2.75) is 51.6 Å². The highest BCUT2D eigenvalue weighted by molar-refractivity contribution is 7.12. The first-order valence-electron chi connectivity index (χ1n) is 7.15. The molecular formula is C16H21NOS. The van der Waals surface area contributed by atoms with Crippen LogP contribution in [0.2, 0.25) is 0 Å². The second-order valence-electron chi connectivity index (χ2n) is 5.43. The third-order valence-corrected chi connectivity index (χ3v) is 5.33. The monoisotopic (exact) mass is 275 g/mol. The highest BCUT2D eigenvalue weighted by atomic mass is 32.1. The zero-order chi connectivity index (χ0) is 13.2. The standard InChI is InChI=1S/C16H21NOS/c1-11(14-7-5-9-18-14)17-12(2)16-10-13-6-3-4-8-15(13)19-16/h5,7,9-12,17H,3-4,6,8H2,1-2H3/t11-,12?/m1/s1. The number of fused-ring (bicyclic) bond motifs is 1. The van der Waals surface area contributed by atoms with Gasteiger partial charge in [-0.1, -0.05) is 0 Å². The lowest BCUT2D eigenvalue weighted by atomic mass is 9.99. The van der Waals surface area contributed by atoms with Crippen molar-refractivity contribution in [2.75, 3.05) is 0 Å². The molecule has 3 rings (SSSR count). The lowest BCUT2D eigenvalue weighted by molar-refractivity contribution is 0.405. The van der Waals surface area contributed by atoms with Crippen LogP contribution in [0.3, 0.4) is 0 Å². The molecule has 1 aliphatic carbocycles. The number of furan rings is 1. The van der Waals surface area contributed by atoms with Gasteiger partial charge in [0.25, 0.3) is 0 Å². The first-order chi connectivity index (χ1) is 9.24. The van der Waals surface area contributed by atoms with E-state index in [4.69, 9.17) is 4.42 Å². The van der Waals surface area contributed by atoms with Gasteiger partial charge in [0.2, 0.25) is 0 Å². The summed E-state index contributed by atoms with van der Waals surface area (Å²) < 4.78 is 5.45. The summed E-state index contributed by atoms with van der Waals surface area (Å²) in [5, 5.41) is 3.62. The number of hydrogen-bond acceptors (Lipinski definition) is 3. The van der Waals surface area contributed by atoms with Crippen LogP contribution in [0.1, 0.15) is 59.9 Å². The largest absolute Gasteiger partial charge is 0.468 e. The van der Waals surface area contributed by atoms with Crippen LogP contribution in [0.5, 0.6) is 0 Å². The summed E-state index contributed by atoms with van der Waals surface area (Å²) in [5.74, 6) is 1.01. The van der Waals surface area contributed by atoms with Gasteiger partial charge in [0.1, 0.15) is 5.76 Å². The van der Waals surface area contributed by atoms with Gasteiger partial charge in [-0.25, -0.2) is 0 Å². The molecule has 2 aromatic heterocycles. The van der Waals surface area contributed by atoms with Crippen LogP contribution in [0, 0.1) is 0 Å². The van der Waals surface area contributed by atoms with Gasteiger partial charge >= 0.3 is 0 Å². The van der Waals surface area contributed by atoms with Crippen LogP contribution in [0.25, 0.3) is 0 Å². The maximum atomic E-state index is 5.45. The number of hydrogen-bond donors (Lipinski definition) is 1. The summed E-state index contributed by atoms with van der Waals surface area (Å²) in [6.07, 6.45) is 7.00. The molecule has 0 aliphatic heterocycles. The summed E-state index contributed by atoms with van der Waals surface area (Å²) in [5.41, 5.74) is 1.59. The predicted molar refractivity (Wildman–Crippen MR) is 79.6 cm³/mol. The van der Waals surface area contributed by atoms with Crippen LogP contribution in [0.15, 0.2) is 28.9 Å². The van der Waals surface area contributed by atoms with E-state index in [0.29, 0.717) is 6.04 Å². The van der Waals surface area contributed by atoms with Gasteiger partial charge in [-0.15, -0.1) is 11.3 Å². The Hall–Kier alpha value is -1.06. The Balaban J connectivity index is 1.70. The minimum atomic E-state index is 0.254. The molecule has 0 saturated carbocycles. The molecule has 0 saturated heterocycles. The maximum Gasteiger partial charge on any atom is 0.120 e. The number of thiophene rings is 1. The van der Waals surface area contributed by atoms with Gasteiger partial charge in [0, 0.05) is 15.8 Å². The third kappa shape index (κ3) is 2.77. The van der Waals surface area contributed by atoms with Crippen molar-refractivity contribution in [1.82, 2.24) is 5.32 Å². The Labute approximate surface area is 118 Å². The van der Waals surface area contributed by atoms with E-state index in [1.54, 1.807) is 16.7 Å². The molecule has 1 unspecified atom stereocenters. The third-order valence-electron chi connectivity index (χ3n) is 3.91. The van der Waals surface area contributed by atoms with Crippen molar-refractivity contribution in [3.8, 4) is 0 Å². The molecule has 0 aromatic carbocycles. The van der Waals surface area contributed by atoms with Gasteiger partial charge in [-0.05, 0) is 63.3 Å². The van der Waals surface area contributed by atoms with Crippen molar-refractivity contribution in [2.24, 2.45) is 0 Å². The maximum absolute atomic E-state index is 5.45. The van der Waals surface area contributed by atoms with E-state index in [1.165, 1.54) is 30.6 Å². The molecule has 2 heterocycles. The smallest absolute Gasteiger partial charge is 0.120 e. The highest BCUT2D eigenvalue weighted by Crippen LogP contribution is 2.33. The Morgan fingerprint density at radius 1 is 1.21 bits per heavy atom. The minimum absolute atomic E-state index is 0.254. The Bertz CT molecular complexity index is 505. The van der Waals surface area contributed by atoms with Gasteiger partial charge in [-0.3, -0.25) is 0 Å². The first-order valence-corrected chi connectivity index (χ1v) is 7.96. The SMILES string of the molecule is CC(N[C@H](C)c1ccco1)c1cc2c(s1)CCCC2. The Morgan fingerprint density at radius 3 is 2.79 bits per heavy atom.